The fourth-order valence-electron chi connectivity index (χ4n) is 3.21. The van der Waals surface area contributed by atoms with E-state index in [1.807, 2.05) is 0 Å². The molecule has 3 aromatic carbocycles. The van der Waals surface area contributed by atoms with Crippen LogP contribution in [0.25, 0.3) is 0 Å². The van der Waals surface area contributed by atoms with Crippen LogP contribution in [0, 0.1) is 0 Å². The molecule has 1 N–H and O–H groups in total. The van der Waals surface area contributed by atoms with Crippen LogP contribution in [0.4, 0.5) is 11.4 Å². The third-order valence-electron chi connectivity index (χ3n) is 4.56. The lowest BCUT2D eigenvalue weighted by molar-refractivity contribution is 0.692. The Morgan fingerprint density at radius 2 is 1.00 bits per heavy atom. The third kappa shape index (κ3) is 1.85. The van der Waals surface area contributed by atoms with Crippen LogP contribution in [0.1, 0.15) is 23.6 Å². The van der Waals surface area contributed by atoms with Crippen molar-refractivity contribution in [3.05, 3.63) is 95.6 Å². The minimum atomic E-state index is -0.129. The summed E-state index contributed by atoms with van der Waals surface area (Å²) in [6.07, 6.45) is 0. The van der Waals surface area contributed by atoms with Crippen LogP contribution in [-0.4, -0.2) is 0 Å². The highest BCUT2D eigenvalue weighted by atomic mass is 14.9. The number of hydrogen-bond donors (Lipinski definition) is 1. The molecule has 0 amide bonds. The van der Waals surface area contributed by atoms with Crippen LogP contribution in [0.15, 0.2) is 78.9 Å². The third-order valence-corrected chi connectivity index (χ3v) is 4.56. The van der Waals surface area contributed by atoms with Gasteiger partial charge in [-0.1, -0.05) is 54.6 Å². The molecular weight excluding hydrogens is 254 g/mol. The van der Waals surface area contributed by atoms with Crippen molar-refractivity contribution in [2.24, 2.45) is 0 Å². The first-order valence-electron chi connectivity index (χ1n) is 7.30. The van der Waals surface area contributed by atoms with E-state index in [1.54, 1.807) is 0 Å². The number of nitrogens with one attached hydrogen (secondary N) is 1. The zero-order valence-electron chi connectivity index (χ0n) is 12.0. The van der Waals surface area contributed by atoms with E-state index in [4.69, 9.17) is 0 Å². The molecule has 0 unspecified atom stereocenters. The summed E-state index contributed by atoms with van der Waals surface area (Å²) in [4.78, 5) is 0. The van der Waals surface area contributed by atoms with Gasteiger partial charge in [-0.3, -0.25) is 0 Å². The van der Waals surface area contributed by atoms with E-state index in [1.165, 1.54) is 16.7 Å². The number of anilines is 2. The van der Waals surface area contributed by atoms with Crippen LogP contribution >= 0.6 is 0 Å². The first kappa shape index (κ1) is 12.2. The topological polar surface area (TPSA) is 12.0 Å². The molecule has 21 heavy (non-hydrogen) atoms. The summed E-state index contributed by atoms with van der Waals surface area (Å²) < 4.78 is 0. The van der Waals surface area contributed by atoms with Gasteiger partial charge in [0.1, 0.15) is 0 Å². The molecular formula is C20H17N. The highest BCUT2D eigenvalue weighted by Gasteiger charge is 2.31. The van der Waals surface area contributed by atoms with Crippen molar-refractivity contribution < 1.29 is 0 Å². The maximum atomic E-state index is 3.43. The summed E-state index contributed by atoms with van der Waals surface area (Å²) in [5.41, 5.74) is 6.07. The van der Waals surface area contributed by atoms with Crippen LogP contribution in [0.5, 0.6) is 0 Å². The monoisotopic (exact) mass is 271 g/mol. The number of hydrogen-bond acceptors (Lipinski definition) is 1. The molecule has 102 valence electrons. The standard InChI is InChI=1S/C20H17N/c1-20(15-5-3-2-4-6-15)16-7-11-18(12-8-16)21-19-13-9-17(20)10-14-19/h2-14,21H,1H3. The molecule has 1 nitrogen and oxygen atoms in total. The molecule has 4 heterocycles. The lowest BCUT2D eigenvalue weighted by Crippen LogP contribution is -2.25. The van der Waals surface area contributed by atoms with Gasteiger partial charge in [0.05, 0.1) is 0 Å². The first-order chi connectivity index (χ1) is 10.3. The lowest BCUT2D eigenvalue weighted by atomic mass is 9.71. The van der Waals surface area contributed by atoms with Gasteiger partial charge in [0.15, 0.2) is 0 Å². The van der Waals surface area contributed by atoms with E-state index in [0.29, 0.717) is 0 Å². The van der Waals surface area contributed by atoms with E-state index < -0.39 is 0 Å². The predicted molar refractivity (Wildman–Crippen MR) is 88.2 cm³/mol. The van der Waals surface area contributed by atoms with Crippen molar-refractivity contribution in [1.82, 2.24) is 0 Å². The molecule has 0 saturated carbocycles. The summed E-state index contributed by atoms with van der Waals surface area (Å²) >= 11 is 0. The molecule has 4 bridgehead atoms. The highest BCUT2D eigenvalue weighted by Crippen LogP contribution is 2.40. The Labute approximate surface area is 125 Å². The fourth-order valence-corrected chi connectivity index (χ4v) is 3.21. The minimum absolute atomic E-state index is 0.129. The maximum Gasteiger partial charge on any atom is 0.0423 e. The second-order valence-corrected chi connectivity index (χ2v) is 5.77. The van der Waals surface area contributed by atoms with Crippen molar-refractivity contribution in [2.45, 2.75) is 12.3 Å². The van der Waals surface area contributed by atoms with Gasteiger partial charge in [-0.2, -0.15) is 0 Å². The van der Waals surface area contributed by atoms with E-state index in [-0.39, 0.29) is 5.41 Å². The largest absolute Gasteiger partial charge is 0.356 e. The van der Waals surface area contributed by atoms with E-state index in [2.05, 4.69) is 91.1 Å². The quantitative estimate of drug-likeness (QED) is 0.649. The highest BCUT2D eigenvalue weighted by molar-refractivity contribution is 5.64. The lowest BCUT2D eigenvalue weighted by Gasteiger charge is -2.33. The van der Waals surface area contributed by atoms with Gasteiger partial charge in [0, 0.05) is 16.8 Å². The van der Waals surface area contributed by atoms with Gasteiger partial charge in [0.2, 0.25) is 0 Å². The van der Waals surface area contributed by atoms with Crippen molar-refractivity contribution in [1.29, 1.82) is 0 Å². The van der Waals surface area contributed by atoms with Crippen molar-refractivity contribution >= 4 is 11.4 Å². The number of benzene rings is 3. The smallest absolute Gasteiger partial charge is 0.0423 e. The average molecular weight is 271 g/mol. The zero-order valence-corrected chi connectivity index (χ0v) is 12.0. The minimum Gasteiger partial charge on any atom is -0.356 e. The Hall–Kier alpha value is -2.54. The Morgan fingerprint density at radius 3 is 1.48 bits per heavy atom. The Morgan fingerprint density at radius 1 is 0.571 bits per heavy atom. The van der Waals surface area contributed by atoms with Crippen LogP contribution < -0.4 is 5.32 Å². The molecule has 4 aliphatic heterocycles. The molecule has 0 aromatic heterocycles. The second kappa shape index (κ2) is 4.49. The van der Waals surface area contributed by atoms with Crippen LogP contribution in [0.2, 0.25) is 0 Å². The van der Waals surface area contributed by atoms with Crippen molar-refractivity contribution in [3.8, 4) is 0 Å². The van der Waals surface area contributed by atoms with E-state index in [9.17, 15) is 0 Å². The van der Waals surface area contributed by atoms with Crippen molar-refractivity contribution in [3.63, 3.8) is 0 Å². The molecule has 0 saturated heterocycles. The summed E-state index contributed by atoms with van der Waals surface area (Å²) in [7, 11) is 0. The van der Waals surface area contributed by atoms with Gasteiger partial charge in [-0.25, -0.2) is 0 Å². The molecule has 0 aliphatic carbocycles. The molecule has 3 aromatic rings. The van der Waals surface area contributed by atoms with Crippen LogP contribution in [0.3, 0.4) is 0 Å². The van der Waals surface area contributed by atoms with Gasteiger partial charge in [-0.15, -0.1) is 0 Å². The summed E-state index contributed by atoms with van der Waals surface area (Å²) in [5.74, 6) is 0. The Bertz CT molecular complexity index is 710. The van der Waals surface area contributed by atoms with Crippen molar-refractivity contribution in [2.75, 3.05) is 5.32 Å². The summed E-state index contributed by atoms with van der Waals surface area (Å²) in [6, 6.07) is 28.3. The zero-order chi connectivity index (χ0) is 14.3. The molecule has 0 atom stereocenters. The van der Waals surface area contributed by atoms with Gasteiger partial charge in [0.25, 0.3) is 0 Å². The Kier molecular flexibility index (Phi) is 2.61. The SMILES string of the molecule is CC1(c2ccccc2)c2ccc(cc2)Nc2ccc1cc2. The average Bonchev–Trinajstić information content (AvgIpc) is 2.57. The number of rotatable bonds is 1. The van der Waals surface area contributed by atoms with E-state index >= 15 is 0 Å². The van der Waals surface area contributed by atoms with Gasteiger partial charge in [-0.05, 0) is 47.9 Å². The molecule has 0 fully saturated rings. The van der Waals surface area contributed by atoms with Crippen LogP contribution in [-0.2, 0) is 5.41 Å². The maximum absolute atomic E-state index is 3.43. The van der Waals surface area contributed by atoms with Gasteiger partial charge < -0.3 is 5.32 Å². The fraction of sp³-hybridized carbons (Fsp3) is 0.100. The molecule has 0 spiro atoms. The summed E-state index contributed by atoms with van der Waals surface area (Å²) in [6.45, 7) is 2.31. The normalized spacial score (nSPS) is 14.7. The second-order valence-electron chi connectivity index (χ2n) is 5.77. The molecule has 1 heteroatoms. The molecule has 7 rings (SSSR count). The summed E-state index contributed by atoms with van der Waals surface area (Å²) in [5, 5.41) is 3.43. The van der Waals surface area contributed by atoms with E-state index in [0.717, 1.165) is 11.4 Å². The predicted octanol–water partition coefficient (Wildman–Crippen LogP) is 5.10. The molecule has 0 radical (unpaired) electrons. The first-order valence-corrected chi connectivity index (χ1v) is 7.30. The Balaban J connectivity index is 2.04. The van der Waals surface area contributed by atoms with Gasteiger partial charge >= 0.3 is 0 Å². The molecule has 4 aliphatic rings.